The zero-order valence-electron chi connectivity index (χ0n) is 11.4. The zero-order chi connectivity index (χ0) is 14.9. The van der Waals surface area contributed by atoms with Crippen LogP contribution in [-0.4, -0.2) is 24.5 Å². The number of hydrogen-bond acceptors (Lipinski definition) is 4. The lowest BCUT2D eigenvalue weighted by atomic mass is 10.1. The van der Waals surface area contributed by atoms with E-state index in [9.17, 15) is 4.79 Å². The molecule has 2 rings (SSSR count). The van der Waals surface area contributed by atoms with Crippen LogP contribution in [0.15, 0.2) is 60.7 Å². The lowest BCUT2D eigenvalue weighted by molar-refractivity contribution is -0.0654. The number of benzene rings is 2. The number of ketones is 1. The van der Waals surface area contributed by atoms with E-state index in [0.29, 0.717) is 11.3 Å². The minimum atomic E-state index is -0.398. The van der Waals surface area contributed by atoms with Gasteiger partial charge >= 0.3 is 0 Å². The molecule has 0 aromatic heterocycles. The van der Waals surface area contributed by atoms with E-state index in [4.69, 9.17) is 14.6 Å². The second-order valence-corrected chi connectivity index (χ2v) is 4.20. The maximum absolute atomic E-state index is 12.0. The molecular formula is C17H16O4. The first-order valence-electron chi connectivity index (χ1n) is 6.49. The first kappa shape index (κ1) is 15.0. The van der Waals surface area contributed by atoms with Gasteiger partial charge < -0.3 is 14.6 Å². The van der Waals surface area contributed by atoms with Gasteiger partial charge in [-0.15, -0.1) is 0 Å². The van der Waals surface area contributed by atoms with Crippen LogP contribution in [0.1, 0.15) is 15.9 Å². The van der Waals surface area contributed by atoms with Gasteiger partial charge in [0.05, 0.1) is 0 Å². The summed E-state index contributed by atoms with van der Waals surface area (Å²) in [5.41, 5.74) is 1.40. The molecule has 0 saturated carbocycles. The predicted octanol–water partition coefficient (Wildman–Crippen LogP) is 2.89. The molecule has 0 spiro atoms. The van der Waals surface area contributed by atoms with Crippen molar-refractivity contribution in [2.75, 3.05) is 13.6 Å². The molecule has 0 bridgehead atoms. The van der Waals surface area contributed by atoms with Crippen molar-refractivity contribution in [2.24, 2.45) is 0 Å². The number of aliphatic hydroxyl groups excluding tert-OH is 1. The topological polar surface area (TPSA) is 55.8 Å². The molecule has 0 aliphatic heterocycles. The minimum Gasteiger partial charge on any atom is -0.467 e. The van der Waals surface area contributed by atoms with Crippen molar-refractivity contribution in [2.45, 2.75) is 0 Å². The molecular weight excluding hydrogens is 268 g/mol. The van der Waals surface area contributed by atoms with Gasteiger partial charge in [-0.2, -0.15) is 0 Å². The Balaban J connectivity index is 2.08. The van der Waals surface area contributed by atoms with Crippen molar-refractivity contribution < 1.29 is 19.4 Å². The Hall–Kier alpha value is -2.43. The first-order chi connectivity index (χ1) is 10.3. The van der Waals surface area contributed by atoms with Crippen LogP contribution in [0.2, 0.25) is 0 Å². The number of hydrogen-bond donors (Lipinski definition) is 1. The summed E-state index contributed by atoms with van der Waals surface area (Å²) in [6.07, 6.45) is 3.20. The second kappa shape index (κ2) is 7.99. The Bertz CT molecular complexity index is 605. The lowest BCUT2D eigenvalue weighted by Crippen LogP contribution is -2.04. The molecule has 0 unspecified atom stereocenters. The summed E-state index contributed by atoms with van der Waals surface area (Å²) in [4.78, 5) is 12.0. The van der Waals surface area contributed by atoms with Crippen LogP contribution in [0.4, 0.5) is 0 Å². The molecule has 0 saturated heterocycles. The Morgan fingerprint density at radius 1 is 1.05 bits per heavy atom. The standard InChI is InChI=1S/C17H16O4/c18-12-20-13-21-17-9-5-4-8-15(17)10-11-16(19)14-6-2-1-3-7-14/h1-11,18H,12-13H2/b11-10+. The summed E-state index contributed by atoms with van der Waals surface area (Å²) in [6.45, 7) is -0.446. The molecule has 4 nitrogen and oxygen atoms in total. The number of ether oxygens (including phenoxy) is 2. The molecule has 0 aliphatic rings. The average molecular weight is 284 g/mol. The van der Waals surface area contributed by atoms with Crippen LogP contribution >= 0.6 is 0 Å². The Labute approximate surface area is 123 Å². The van der Waals surface area contributed by atoms with Gasteiger partial charge in [-0.05, 0) is 18.2 Å². The molecule has 0 heterocycles. The van der Waals surface area contributed by atoms with Crippen molar-refractivity contribution in [3.05, 3.63) is 71.8 Å². The fourth-order valence-corrected chi connectivity index (χ4v) is 1.76. The van der Waals surface area contributed by atoms with E-state index in [1.54, 1.807) is 24.3 Å². The Morgan fingerprint density at radius 2 is 1.76 bits per heavy atom. The summed E-state index contributed by atoms with van der Waals surface area (Å²) in [6, 6.07) is 16.3. The molecule has 2 aromatic rings. The zero-order valence-corrected chi connectivity index (χ0v) is 11.4. The number of carbonyl (C=O) groups is 1. The van der Waals surface area contributed by atoms with E-state index in [-0.39, 0.29) is 12.6 Å². The number of carbonyl (C=O) groups excluding carboxylic acids is 1. The summed E-state index contributed by atoms with van der Waals surface area (Å²) in [5.74, 6) is 0.514. The van der Waals surface area contributed by atoms with E-state index in [0.717, 1.165) is 5.56 Å². The van der Waals surface area contributed by atoms with Gasteiger partial charge in [0.1, 0.15) is 12.5 Å². The molecule has 108 valence electrons. The molecule has 0 atom stereocenters. The maximum Gasteiger partial charge on any atom is 0.191 e. The number of allylic oxidation sites excluding steroid dienone is 1. The Kier molecular flexibility index (Phi) is 5.70. The average Bonchev–Trinajstić information content (AvgIpc) is 2.54. The van der Waals surface area contributed by atoms with Crippen molar-refractivity contribution in [3.63, 3.8) is 0 Å². The van der Waals surface area contributed by atoms with E-state index in [1.807, 2.05) is 36.4 Å². The van der Waals surface area contributed by atoms with Crippen molar-refractivity contribution >= 4 is 11.9 Å². The van der Waals surface area contributed by atoms with E-state index < -0.39 is 6.79 Å². The second-order valence-electron chi connectivity index (χ2n) is 4.20. The fourth-order valence-electron chi connectivity index (χ4n) is 1.76. The highest BCUT2D eigenvalue weighted by Gasteiger charge is 2.02. The predicted molar refractivity (Wildman–Crippen MR) is 79.9 cm³/mol. The summed E-state index contributed by atoms with van der Waals surface area (Å²) in [7, 11) is 0. The largest absolute Gasteiger partial charge is 0.467 e. The van der Waals surface area contributed by atoms with Crippen LogP contribution in [0.25, 0.3) is 6.08 Å². The SMILES string of the molecule is O=C(/C=C/c1ccccc1OCOCO)c1ccccc1. The summed E-state index contributed by atoms with van der Waals surface area (Å²) in [5, 5.41) is 8.55. The molecule has 0 amide bonds. The highest BCUT2D eigenvalue weighted by molar-refractivity contribution is 6.06. The van der Waals surface area contributed by atoms with Gasteiger partial charge in [0.25, 0.3) is 0 Å². The monoisotopic (exact) mass is 284 g/mol. The Morgan fingerprint density at radius 3 is 2.52 bits per heavy atom. The third kappa shape index (κ3) is 4.56. The van der Waals surface area contributed by atoms with Gasteiger partial charge in [0.2, 0.25) is 0 Å². The molecule has 4 heteroatoms. The van der Waals surface area contributed by atoms with Crippen molar-refractivity contribution in [1.29, 1.82) is 0 Å². The van der Waals surface area contributed by atoms with Gasteiger partial charge in [0, 0.05) is 11.1 Å². The van der Waals surface area contributed by atoms with Crippen LogP contribution < -0.4 is 4.74 Å². The van der Waals surface area contributed by atoms with Crippen molar-refractivity contribution in [1.82, 2.24) is 0 Å². The van der Waals surface area contributed by atoms with Crippen LogP contribution in [0, 0.1) is 0 Å². The van der Waals surface area contributed by atoms with Gasteiger partial charge in [-0.1, -0.05) is 48.5 Å². The van der Waals surface area contributed by atoms with Gasteiger partial charge in [-0.3, -0.25) is 4.79 Å². The van der Waals surface area contributed by atoms with E-state index >= 15 is 0 Å². The smallest absolute Gasteiger partial charge is 0.191 e. The number of aliphatic hydroxyl groups is 1. The van der Waals surface area contributed by atoms with Gasteiger partial charge in [0.15, 0.2) is 12.6 Å². The normalized spacial score (nSPS) is 10.7. The van der Waals surface area contributed by atoms with Gasteiger partial charge in [-0.25, -0.2) is 0 Å². The third-order valence-electron chi connectivity index (χ3n) is 2.78. The lowest BCUT2D eigenvalue weighted by Gasteiger charge is -2.08. The molecule has 0 aliphatic carbocycles. The number of para-hydroxylation sites is 1. The van der Waals surface area contributed by atoms with E-state index in [2.05, 4.69) is 0 Å². The molecule has 21 heavy (non-hydrogen) atoms. The molecule has 0 radical (unpaired) electrons. The highest BCUT2D eigenvalue weighted by Crippen LogP contribution is 2.19. The highest BCUT2D eigenvalue weighted by atomic mass is 16.7. The van der Waals surface area contributed by atoms with Crippen LogP contribution in [0.3, 0.4) is 0 Å². The third-order valence-corrected chi connectivity index (χ3v) is 2.78. The summed E-state index contributed by atoms with van der Waals surface area (Å²) < 4.78 is 10.1. The fraction of sp³-hybridized carbons (Fsp3) is 0.118. The van der Waals surface area contributed by atoms with E-state index in [1.165, 1.54) is 6.08 Å². The summed E-state index contributed by atoms with van der Waals surface area (Å²) >= 11 is 0. The first-order valence-corrected chi connectivity index (χ1v) is 6.49. The molecule has 0 fully saturated rings. The van der Waals surface area contributed by atoms with Crippen LogP contribution in [-0.2, 0) is 4.74 Å². The quantitative estimate of drug-likeness (QED) is 0.367. The number of rotatable bonds is 7. The maximum atomic E-state index is 12.0. The molecule has 1 N–H and O–H groups in total. The molecule has 2 aromatic carbocycles. The van der Waals surface area contributed by atoms with Crippen molar-refractivity contribution in [3.8, 4) is 5.75 Å². The minimum absolute atomic E-state index is 0.0476. The van der Waals surface area contributed by atoms with Crippen LogP contribution in [0.5, 0.6) is 5.75 Å².